The van der Waals surface area contributed by atoms with E-state index in [4.69, 9.17) is 4.42 Å². The molecule has 4 heterocycles. The van der Waals surface area contributed by atoms with Crippen molar-refractivity contribution in [2.45, 2.75) is 39.5 Å². The van der Waals surface area contributed by atoms with E-state index in [1.165, 1.54) is 102 Å². The quantitative estimate of drug-likeness (QED) is 0.120. The highest BCUT2D eigenvalue weighted by Crippen LogP contribution is 2.48. The summed E-state index contributed by atoms with van der Waals surface area (Å²) in [5, 5.41) is 6.26. The highest BCUT2D eigenvalue weighted by Gasteiger charge is 2.45. The summed E-state index contributed by atoms with van der Waals surface area (Å²) in [5.74, 6) is 0.899. The zero-order chi connectivity index (χ0) is 38.5. The van der Waals surface area contributed by atoms with Gasteiger partial charge in [-0.15, -0.1) is 0 Å². The Morgan fingerprint density at radius 1 is 0.586 bits per heavy atom. The molecule has 0 saturated carbocycles. The second kappa shape index (κ2) is 12.9. The van der Waals surface area contributed by atoms with Crippen molar-refractivity contribution < 1.29 is 4.42 Å². The molecule has 0 aliphatic carbocycles. The minimum Gasteiger partial charge on any atom is -0.455 e. The predicted molar refractivity (Wildman–Crippen MR) is 246 cm³/mol. The number of anilines is 2. The summed E-state index contributed by atoms with van der Waals surface area (Å²) in [7, 11) is 0. The van der Waals surface area contributed by atoms with E-state index >= 15 is 0 Å². The molecule has 0 fully saturated rings. The molecular weight excluding hydrogens is 703 g/mol. The van der Waals surface area contributed by atoms with Gasteiger partial charge >= 0.3 is 6.85 Å². The van der Waals surface area contributed by atoms with Gasteiger partial charge in [0.05, 0.1) is 11.0 Å². The molecule has 8 aromatic carbocycles. The van der Waals surface area contributed by atoms with Crippen LogP contribution in [0.4, 0.5) is 11.4 Å². The van der Waals surface area contributed by atoms with Crippen LogP contribution >= 0.6 is 0 Å². The van der Waals surface area contributed by atoms with Crippen LogP contribution in [0.5, 0.6) is 0 Å². The number of nitrogens with zero attached hydrogens (tertiary/aromatic N) is 2. The van der Waals surface area contributed by atoms with E-state index < -0.39 is 0 Å². The van der Waals surface area contributed by atoms with E-state index in [-0.39, 0.29) is 6.85 Å². The van der Waals surface area contributed by atoms with Crippen molar-refractivity contribution in [3.05, 3.63) is 175 Å². The van der Waals surface area contributed by atoms with Gasteiger partial charge in [-0.05, 0) is 88.7 Å². The maximum atomic E-state index is 7.11. The van der Waals surface area contributed by atoms with E-state index in [1.54, 1.807) is 0 Å². The highest BCUT2D eigenvalue weighted by molar-refractivity contribution is 6.94. The molecule has 58 heavy (non-hydrogen) atoms. The van der Waals surface area contributed by atoms with Crippen LogP contribution in [-0.2, 0) is 6.42 Å². The minimum atomic E-state index is -0.0909. The summed E-state index contributed by atoms with van der Waals surface area (Å²) in [5.41, 5.74) is 18.3. The molecule has 0 saturated heterocycles. The topological polar surface area (TPSA) is 21.3 Å². The van der Waals surface area contributed by atoms with Gasteiger partial charge in [0.2, 0.25) is 0 Å². The summed E-state index contributed by atoms with van der Waals surface area (Å²) >= 11 is 0. The smallest absolute Gasteiger partial charge is 0.333 e. The van der Waals surface area contributed by atoms with Gasteiger partial charge in [0.25, 0.3) is 0 Å². The van der Waals surface area contributed by atoms with E-state index in [9.17, 15) is 0 Å². The predicted octanol–water partition coefficient (Wildman–Crippen LogP) is 13.3. The van der Waals surface area contributed by atoms with Gasteiger partial charge in [0.1, 0.15) is 11.3 Å². The first-order valence-electron chi connectivity index (χ1n) is 20.9. The van der Waals surface area contributed by atoms with Gasteiger partial charge in [0, 0.05) is 55.3 Å². The number of hydrogen-bond acceptors (Lipinski definition) is 2. The second-order valence-electron chi connectivity index (χ2n) is 16.3. The van der Waals surface area contributed by atoms with Gasteiger partial charge in [0.15, 0.2) is 0 Å². The molecule has 0 bridgehead atoms. The van der Waals surface area contributed by atoms with Gasteiger partial charge in [-0.3, -0.25) is 0 Å². The number of aromatic nitrogens is 1. The molecule has 0 atom stereocenters. The number of fused-ring (bicyclic) bond motifs is 11. The van der Waals surface area contributed by atoms with E-state index in [1.807, 2.05) is 0 Å². The van der Waals surface area contributed by atoms with Gasteiger partial charge in [-0.25, -0.2) is 0 Å². The zero-order valence-electron chi connectivity index (χ0n) is 32.8. The maximum Gasteiger partial charge on any atom is 0.333 e. The van der Waals surface area contributed by atoms with Crippen LogP contribution in [0.25, 0.3) is 82.8 Å². The Morgan fingerprint density at radius 2 is 1.33 bits per heavy atom. The first-order valence-corrected chi connectivity index (χ1v) is 20.9. The summed E-state index contributed by atoms with van der Waals surface area (Å²) in [6.45, 7) is 4.50. The van der Waals surface area contributed by atoms with Gasteiger partial charge in [-0.2, -0.15) is 0 Å². The monoisotopic (exact) mass is 744 g/mol. The van der Waals surface area contributed by atoms with Gasteiger partial charge < -0.3 is 13.8 Å². The van der Waals surface area contributed by atoms with Crippen LogP contribution in [0.1, 0.15) is 37.3 Å². The molecule has 3 nitrogen and oxygen atoms in total. The van der Waals surface area contributed by atoms with Crippen molar-refractivity contribution in [2.75, 3.05) is 4.81 Å². The molecular formula is C54H41BN2O. The first kappa shape index (κ1) is 33.4. The average Bonchev–Trinajstić information content (AvgIpc) is 3.84. The fraction of sp³-hybridized carbons (Fsp3) is 0.111. The molecule has 2 aromatic heterocycles. The number of para-hydroxylation sites is 1. The number of hydrogen-bond donors (Lipinski definition) is 0. The number of furan rings is 1. The van der Waals surface area contributed by atoms with Crippen LogP contribution in [0.3, 0.4) is 0 Å². The van der Waals surface area contributed by atoms with Crippen LogP contribution < -0.4 is 15.7 Å². The Balaban J connectivity index is 1.23. The van der Waals surface area contributed by atoms with Crippen LogP contribution in [-0.4, -0.2) is 11.4 Å². The van der Waals surface area contributed by atoms with E-state index in [0.29, 0.717) is 0 Å². The fourth-order valence-corrected chi connectivity index (χ4v) is 10.3. The van der Waals surface area contributed by atoms with E-state index in [2.05, 4.69) is 187 Å². The Hall–Kier alpha value is -6.78. The summed E-state index contributed by atoms with van der Waals surface area (Å²) in [4.78, 5) is 2.62. The summed E-state index contributed by atoms with van der Waals surface area (Å²) in [6, 6.07) is 60.7. The summed E-state index contributed by atoms with van der Waals surface area (Å²) in [6.07, 6.45) is 4.82. The second-order valence-corrected chi connectivity index (χ2v) is 16.3. The van der Waals surface area contributed by atoms with Crippen LogP contribution in [0, 0.1) is 6.92 Å². The molecule has 0 unspecified atom stereocenters. The third-order valence-corrected chi connectivity index (χ3v) is 12.9. The molecule has 4 heteroatoms. The molecule has 276 valence electrons. The zero-order valence-corrected chi connectivity index (χ0v) is 32.8. The lowest BCUT2D eigenvalue weighted by Gasteiger charge is -2.42. The SMILES string of the molecule is CCCCCc1ccc(N2B3c4cc5oc(-c6ccccc6)c(-c6ccccc6)c5cc4-n4c5c3c(cc(C)c5c3ccc5ccccc5c34)-c3ccccc32)cc1. The third-order valence-electron chi connectivity index (χ3n) is 12.9. The third kappa shape index (κ3) is 4.75. The Bertz CT molecular complexity index is 3250. The molecule has 0 amide bonds. The van der Waals surface area contributed by atoms with E-state index in [0.717, 1.165) is 39.8 Å². The number of unbranched alkanes of at least 4 members (excludes halogenated alkanes) is 2. The van der Waals surface area contributed by atoms with Gasteiger partial charge in [-0.1, -0.05) is 153 Å². The Kier molecular flexibility index (Phi) is 7.41. The van der Waals surface area contributed by atoms with Crippen molar-refractivity contribution in [3.8, 4) is 39.3 Å². The maximum absolute atomic E-state index is 7.11. The van der Waals surface area contributed by atoms with Crippen molar-refractivity contribution in [1.29, 1.82) is 0 Å². The molecule has 0 radical (unpaired) electrons. The number of aryl methyl sites for hydroxylation is 2. The number of rotatable bonds is 7. The van der Waals surface area contributed by atoms with Crippen molar-refractivity contribution in [3.63, 3.8) is 0 Å². The molecule has 2 aliphatic rings. The van der Waals surface area contributed by atoms with Crippen molar-refractivity contribution in [2.24, 2.45) is 0 Å². The van der Waals surface area contributed by atoms with Crippen LogP contribution in [0.2, 0.25) is 0 Å². The lowest BCUT2D eigenvalue weighted by molar-refractivity contribution is 0.632. The molecule has 10 aromatic rings. The normalized spacial score (nSPS) is 12.9. The first-order chi connectivity index (χ1) is 28.7. The lowest BCUT2D eigenvalue weighted by Crippen LogP contribution is -2.60. The molecule has 0 N–H and O–H groups in total. The highest BCUT2D eigenvalue weighted by atomic mass is 16.3. The average molecular weight is 745 g/mol. The Labute approximate surface area is 338 Å². The standard InChI is InChI=1S/C54H41BN2O/c1-3-4-7-16-35-25-28-39(29-26-35)57-46-24-15-14-23-41(46)43-31-34(2)49-42-30-27-36-17-12-13-22-40(36)52(42)56-47-32-44-48(33-45(47)55(57)51(43)53(49)56)58-54(38-20-10-6-11-21-38)50(44)37-18-8-5-9-19-37/h5-6,8-15,17-33H,3-4,7,16H2,1-2H3. The molecule has 2 aliphatic heterocycles. The fourth-order valence-electron chi connectivity index (χ4n) is 10.3. The van der Waals surface area contributed by atoms with Crippen LogP contribution in [0.15, 0.2) is 168 Å². The molecule has 12 rings (SSSR count). The van der Waals surface area contributed by atoms with Crippen molar-refractivity contribution >= 4 is 72.7 Å². The molecule has 0 spiro atoms. The lowest BCUT2D eigenvalue weighted by atomic mass is 9.44. The summed E-state index contributed by atoms with van der Waals surface area (Å²) < 4.78 is 9.73. The number of benzene rings is 8. The Morgan fingerprint density at radius 3 is 2.14 bits per heavy atom. The van der Waals surface area contributed by atoms with Crippen molar-refractivity contribution in [1.82, 2.24) is 4.57 Å². The largest absolute Gasteiger partial charge is 0.455 e. The minimum absolute atomic E-state index is 0.0909.